The summed E-state index contributed by atoms with van der Waals surface area (Å²) in [6.07, 6.45) is 5.71. The lowest BCUT2D eigenvalue weighted by Crippen LogP contribution is -2.02. The Kier molecular flexibility index (Phi) is 3.60. The molecule has 2 aromatic heterocycles. The van der Waals surface area contributed by atoms with Gasteiger partial charge in [0.15, 0.2) is 5.65 Å². The molecule has 0 fully saturated rings. The van der Waals surface area contributed by atoms with Crippen molar-refractivity contribution in [2.45, 2.75) is 23.8 Å². The third-order valence-electron chi connectivity index (χ3n) is 2.91. The van der Waals surface area contributed by atoms with Crippen LogP contribution in [0.3, 0.4) is 0 Å². The normalized spacial score (nSPS) is 10.9. The number of nitrogens with zero attached hydrogens (tertiary/aromatic N) is 3. The highest BCUT2D eigenvalue weighted by atomic mass is 32.2. The zero-order valence-corrected chi connectivity index (χ0v) is 12.3. The molecule has 0 saturated heterocycles. The van der Waals surface area contributed by atoms with Crippen LogP contribution < -0.4 is 5.32 Å². The summed E-state index contributed by atoms with van der Waals surface area (Å²) < 4.78 is 2.00. The lowest BCUT2D eigenvalue weighted by Gasteiger charge is -2.08. The number of hydrogen-bond acceptors (Lipinski definition) is 4. The second kappa shape index (κ2) is 5.54. The fraction of sp³-hybridized carbons (Fsp3) is 0.200. The van der Waals surface area contributed by atoms with Gasteiger partial charge in [-0.2, -0.15) is 0 Å². The van der Waals surface area contributed by atoms with E-state index in [2.05, 4.69) is 53.4 Å². The van der Waals surface area contributed by atoms with Gasteiger partial charge in [0.1, 0.15) is 10.8 Å². The molecule has 0 atom stereocenters. The summed E-state index contributed by atoms with van der Waals surface area (Å²) in [4.78, 5) is 10.2. The topological polar surface area (TPSA) is 42.2 Å². The van der Waals surface area contributed by atoms with E-state index in [1.54, 1.807) is 18.0 Å². The summed E-state index contributed by atoms with van der Waals surface area (Å²) in [5, 5.41) is 4.17. The van der Waals surface area contributed by atoms with Gasteiger partial charge in [0.05, 0.1) is 6.20 Å². The van der Waals surface area contributed by atoms with E-state index in [0.29, 0.717) is 0 Å². The molecule has 0 aliphatic rings. The lowest BCUT2D eigenvalue weighted by atomic mass is 10.2. The maximum Gasteiger partial charge on any atom is 0.170 e. The Hall–Kier alpha value is -2.01. The molecule has 20 heavy (non-hydrogen) atoms. The van der Waals surface area contributed by atoms with Gasteiger partial charge in [-0.1, -0.05) is 29.5 Å². The minimum Gasteiger partial charge on any atom is -0.369 e. The van der Waals surface area contributed by atoms with Gasteiger partial charge in [-0.15, -0.1) is 0 Å². The van der Waals surface area contributed by atoms with Crippen LogP contribution in [0, 0.1) is 6.92 Å². The molecule has 2 heterocycles. The van der Waals surface area contributed by atoms with Gasteiger partial charge in [0, 0.05) is 23.8 Å². The molecule has 1 N–H and O–H groups in total. The van der Waals surface area contributed by atoms with Crippen LogP contribution in [0.1, 0.15) is 12.5 Å². The number of anilines is 1. The van der Waals surface area contributed by atoms with E-state index in [9.17, 15) is 0 Å². The van der Waals surface area contributed by atoms with E-state index in [1.807, 2.05) is 16.8 Å². The van der Waals surface area contributed by atoms with Crippen molar-refractivity contribution in [3.8, 4) is 0 Å². The van der Waals surface area contributed by atoms with Gasteiger partial charge in [0.2, 0.25) is 0 Å². The second-order valence-corrected chi connectivity index (χ2v) is 5.60. The summed E-state index contributed by atoms with van der Waals surface area (Å²) in [7, 11) is 0. The molecule has 5 heteroatoms. The van der Waals surface area contributed by atoms with Gasteiger partial charge in [0.25, 0.3) is 0 Å². The van der Waals surface area contributed by atoms with E-state index in [4.69, 9.17) is 0 Å². The van der Waals surface area contributed by atoms with E-state index in [0.717, 1.165) is 23.0 Å². The SMILES string of the molecule is CCNc1cn2ccnc2c(Sc2cccc(C)c2)n1. The van der Waals surface area contributed by atoms with Crippen LogP contribution in [0.25, 0.3) is 5.65 Å². The van der Waals surface area contributed by atoms with E-state index in [-0.39, 0.29) is 0 Å². The molecule has 1 aromatic carbocycles. The first-order chi connectivity index (χ1) is 9.76. The first kappa shape index (κ1) is 13.0. The van der Waals surface area contributed by atoms with Crippen molar-refractivity contribution in [3.63, 3.8) is 0 Å². The van der Waals surface area contributed by atoms with Crippen molar-refractivity contribution >= 4 is 23.2 Å². The minimum atomic E-state index is 0.849. The number of aromatic nitrogens is 3. The third-order valence-corrected chi connectivity index (χ3v) is 3.86. The first-order valence-electron chi connectivity index (χ1n) is 6.58. The highest BCUT2D eigenvalue weighted by Crippen LogP contribution is 2.30. The van der Waals surface area contributed by atoms with Crippen LogP contribution in [0.2, 0.25) is 0 Å². The molecule has 0 radical (unpaired) electrons. The summed E-state index contributed by atoms with van der Waals surface area (Å²) >= 11 is 1.64. The summed E-state index contributed by atoms with van der Waals surface area (Å²) in [5.74, 6) is 0.869. The van der Waals surface area contributed by atoms with Crippen molar-refractivity contribution in [2.75, 3.05) is 11.9 Å². The number of aryl methyl sites for hydroxylation is 1. The average Bonchev–Trinajstić information content (AvgIpc) is 2.87. The number of hydrogen-bond donors (Lipinski definition) is 1. The van der Waals surface area contributed by atoms with Crippen molar-refractivity contribution in [1.82, 2.24) is 14.4 Å². The van der Waals surface area contributed by atoms with Crippen LogP contribution in [-0.2, 0) is 0 Å². The number of benzene rings is 1. The zero-order valence-electron chi connectivity index (χ0n) is 11.5. The Balaban J connectivity index is 2.02. The van der Waals surface area contributed by atoms with E-state index in [1.165, 1.54) is 10.5 Å². The molecule has 102 valence electrons. The van der Waals surface area contributed by atoms with Crippen molar-refractivity contribution in [1.29, 1.82) is 0 Å². The number of imidazole rings is 1. The molecule has 0 bridgehead atoms. The quantitative estimate of drug-likeness (QED) is 0.794. The van der Waals surface area contributed by atoms with Gasteiger partial charge in [-0.05, 0) is 26.0 Å². The number of fused-ring (bicyclic) bond motifs is 1. The van der Waals surface area contributed by atoms with Crippen LogP contribution in [0.15, 0.2) is 52.8 Å². The monoisotopic (exact) mass is 284 g/mol. The van der Waals surface area contributed by atoms with Crippen molar-refractivity contribution < 1.29 is 0 Å². The second-order valence-electron chi connectivity index (χ2n) is 4.54. The molecular formula is C15H16N4S. The molecule has 0 amide bonds. The largest absolute Gasteiger partial charge is 0.369 e. The summed E-state index contributed by atoms with van der Waals surface area (Å²) in [5.41, 5.74) is 2.13. The predicted molar refractivity (Wildman–Crippen MR) is 82.5 cm³/mol. The standard InChI is InChI=1S/C15H16N4S/c1-3-16-13-10-19-8-7-17-14(19)15(18-13)20-12-6-4-5-11(2)9-12/h4-10,16H,3H2,1-2H3. The Bertz CT molecular complexity index is 736. The Morgan fingerprint density at radius 1 is 1.35 bits per heavy atom. The smallest absolute Gasteiger partial charge is 0.170 e. The molecule has 0 aliphatic carbocycles. The zero-order chi connectivity index (χ0) is 13.9. The molecule has 3 aromatic rings. The van der Waals surface area contributed by atoms with Crippen molar-refractivity contribution in [2.24, 2.45) is 0 Å². The van der Waals surface area contributed by atoms with Gasteiger partial charge < -0.3 is 9.72 Å². The fourth-order valence-electron chi connectivity index (χ4n) is 2.03. The number of nitrogens with one attached hydrogen (secondary N) is 1. The fourth-order valence-corrected chi connectivity index (χ4v) is 3.04. The summed E-state index contributed by atoms with van der Waals surface area (Å²) in [6.45, 7) is 5.01. The first-order valence-corrected chi connectivity index (χ1v) is 7.40. The molecule has 0 unspecified atom stereocenters. The average molecular weight is 284 g/mol. The van der Waals surface area contributed by atoms with E-state index >= 15 is 0 Å². The van der Waals surface area contributed by atoms with Crippen LogP contribution >= 0.6 is 11.8 Å². The molecule has 3 rings (SSSR count). The Morgan fingerprint density at radius 2 is 2.25 bits per heavy atom. The van der Waals surface area contributed by atoms with Gasteiger partial charge in [-0.25, -0.2) is 9.97 Å². The molecule has 4 nitrogen and oxygen atoms in total. The van der Waals surface area contributed by atoms with Gasteiger partial charge in [-0.3, -0.25) is 0 Å². The molecule has 0 aliphatic heterocycles. The van der Waals surface area contributed by atoms with Crippen LogP contribution in [0.5, 0.6) is 0 Å². The summed E-state index contributed by atoms with van der Waals surface area (Å²) in [6, 6.07) is 8.41. The maximum atomic E-state index is 4.66. The van der Waals surface area contributed by atoms with E-state index < -0.39 is 0 Å². The number of rotatable bonds is 4. The molecule has 0 saturated carbocycles. The highest BCUT2D eigenvalue weighted by Gasteiger charge is 2.09. The highest BCUT2D eigenvalue weighted by molar-refractivity contribution is 7.99. The Labute approximate surface area is 122 Å². The lowest BCUT2D eigenvalue weighted by molar-refractivity contribution is 1.01. The van der Waals surface area contributed by atoms with Crippen LogP contribution in [0.4, 0.5) is 5.82 Å². The van der Waals surface area contributed by atoms with Crippen LogP contribution in [-0.4, -0.2) is 20.9 Å². The third kappa shape index (κ3) is 2.63. The Morgan fingerprint density at radius 3 is 3.05 bits per heavy atom. The predicted octanol–water partition coefficient (Wildman–Crippen LogP) is 3.62. The molecule has 0 spiro atoms. The minimum absolute atomic E-state index is 0.849. The van der Waals surface area contributed by atoms with Gasteiger partial charge >= 0.3 is 0 Å². The molecular weight excluding hydrogens is 268 g/mol. The maximum absolute atomic E-state index is 4.66. The van der Waals surface area contributed by atoms with Crippen molar-refractivity contribution in [3.05, 3.63) is 48.4 Å².